The molecule has 0 radical (unpaired) electrons. The van der Waals surface area contributed by atoms with Crippen LogP contribution >= 0.6 is 0 Å². The molecule has 0 bridgehead atoms. The van der Waals surface area contributed by atoms with Crippen LogP contribution in [0.2, 0.25) is 0 Å². The second-order valence-electron chi connectivity index (χ2n) is 5.13. The third-order valence-electron chi connectivity index (χ3n) is 2.37. The van der Waals surface area contributed by atoms with Crippen LogP contribution in [-0.2, 0) is 4.74 Å². The Morgan fingerprint density at radius 1 is 0.929 bits per heavy atom. The van der Waals surface area contributed by atoms with Crippen molar-refractivity contribution in [1.82, 2.24) is 0 Å². The largest absolute Gasteiger partial charge is 0.416 e. The van der Waals surface area contributed by atoms with E-state index in [9.17, 15) is 13.2 Å². The first-order valence-electron chi connectivity index (χ1n) is 4.62. The fraction of sp³-hybridized carbons (Fsp3) is 1.00. The van der Waals surface area contributed by atoms with Gasteiger partial charge in [0.1, 0.15) is 0 Å². The summed E-state index contributed by atoms with van der Waals surface area (Å²) in [5.41, 5.74) is -2.37. The van der Waals surface area contributed by atoms with Crippen molar-refractivity contribution in [3.05, 3.63) is 0 Å². The van der Waals surface area contributed by atoms with Crippen LogP contribution in [0.5, 0.6) is 0 Å². The minimum atomic E-state index is -4.33. The Morgan fingerprint density at radius 3 is 1.50 bits per heavy atom. The summed E-state index contributed by atoms with van der Waals surface area (Å²) in [6.07, 6.45) is -4.77. The lowest BCUT2D eigenvalue weighted by Gasteiger charge is -2.36. The number of hydrogen-bond acceptors (Lipinski definition) is 1. The van der Waals surface area contributed by atoms with Crippen LogP contribution < -0.4 is 0 Å². The molecule has 86 valence electrons. The average Bonchev–Trinajstić information content (AvgIpc) is 1.80. The van der Waals surface area contributed by atoms with Crippen LogP contribution in [0.1, 0.15) is 41.5 Å². The average molecular weight is 212 g/mol. The lowest BCUT2D eigenvalue weighted by atomic mass is 9.89. The molecule has 0 amide bonds. The molecule has 0 aliphatic rings. The maximum Gasteiger partial charge on any atom is 0.416 e. The van der Waals surface area contributed by atoms with E-state index in [4.69, 9.17) is 4.74 Å². The highest BCUT2D eigenvalue weighted by Crippen LogP contribution is 2.36. The van der Waals surface area contributed by atoms with E-state index in [-0.39, 0.29) is 5.41 Å². The summed E-state index contributed by atoms with van der Waals surface area (Å²) >= 11 is 0. The van der Waals surface area contributed by atoms with Crippen molar-refractivity contribution < 1.29 is 17.9 Å². The van der Waals surface area contributed by atoms with Crippen LogP contribution in [0.3, 0.4) is 0 Å². The minimum absolute atomic E-state index is 0.289. The highest BCUT2D eigenvalue weighted by Gasteiger charge is 2.50. The summed E-state index contributed by atoms with van der Waals surface area (Å²) in [6.45, 7) is 9.32. The van der Waals surface area contributed by atoms with Crippen molar-refractivity contribution >= 4 is 0 Å². The summed E-state index contributed by atoms with van der Waals surface area (Å²) in [7, 11) is 0. The van der Waals surface area contributed by atoms with E-state index in [1.807, 2.05) is 20.8 Å². The van der Waals surface area contributed by atoms with Crippen LogP contribution in [-0.4, -0.2) is 17.9 Å². The lowest BCUT2D eigenvalue weighted by Crippen LogP contribution is -2.46. The molecule has 0 spiro atoms. The predicted octanol–water partition coefficient (Wildman–Crippen LogP) is 3.78. The number of ether oxygens (including phenoxy) is 1. The maximum absolute atomic E-state index is 12.5. The van der Waals surface area contributed by atoms with Gasteiger partial charge in [0.05, 0.1) is 6.10 Å². The topological polar surface area (TPSA) is 9.23 Å². The van der Waals surface area contributed by atoms with E-state index < -0.39 is 17.9 Å². The Labute approximate surface area is 83.6 Å². The number of alkyl halides is 3. The van der Waals surface area contributed by atoms with Crippen LogP contribution in [0, 0.1) is 5.41 Å². The second-order valence-corrected chi connectivity index (χ2v) is 5.13. The van der Waals surface area contributed by atoms with Crippen molar-refractivity contribution in [3.63, 3.8) is 0 Å². The molecule has 1 atom stereocenters. The van der Waals surface area contributed by atoms with Crippen molar-refractivity contribution in [2.24, 2.45) is 5.41 Å². The Bertz CT molecular complexity index is 189. The first-order chi connectivity index (χ1) is 5.88. The molecule has 0 aliphatic heterocycles. The number of halogens is 3. The third kappa shape index (κ3) is 3.48. The van der Waals surface area contributed by atoms with Gasteiger partial charge in [0.15, 0.2) is 5.60 Å². The van der Waals surface area contributed by atoms with Gasteiger partial charge in [0.25, 0.3) is 0 Å². The standard InChI is InChI=1S/C10H19F3O/c1-7(8(2,3)4)14-9(5,6)10(11,12)13/h7H,1-6H3/t7-/m1/s1. The van der Waals surface area contributed by atoms with Gasteiger partial charge in [-0.05, 0) is 26.2 Å². The molecule has 0 unspecified atom stereocenters. The zero-order valence-corrected chi connectivity index (χ0v) is 9.62. The van der Waals surface area contributed by atoms with Gasteiger partial charge in [-0.2, -0.15) is 13.2 Å². The molecule has 1 nitrogen and oxygen atoms in total. The molecule has 0 fully saturated rings. The monoisotopic (exact) mass is 212 g/mol. The second kappa shape index (κ2) is 3.72. The van der Waals surface area contributed by atoms with E-state index in [1.165, 1.54) is 0 Å². The molecule has 0 aromatic heterocycles. The highest BCUT2D eigenvalue weighted by atomic mass is 19.4. The summed E-state index contributed by atoms with van der Waals surface area (Å²) < 4.78 is 42.4. The molecule has 0 aromatic carbocycles. The van der Waals surface area contributed by atoms with Gasteiger partial charge in [-0.1, -0.05) is 20.8 Å². The fourth-order valence-corrected chi connectivity index (χ4v) is 0.686. The number of hydrogen-bond donors (Lipinski definition) is 0. The molecule has 0 aliphatic carbocycles. The van der Waals surface area contributed by atoms with Crippen molar-refractivity contribution in [3.8, 4) is 0 Å². The van der Waals surface area contributed by atoms with Crippen LogP contribution in [0.4, 0.5) is 13.2 Å². The minimum Gasteiger partial charge on any atom is -0.363 e. The summed E-state index contributed by atoms with van der Waals surface area (Å²) in [4.78, 5) is 0. The Hall–Kier alpha value is -0.250. The molecule has 0 N–H and O–H groups in total. The van der Waals surface area contributed by atoms with Crippen LogP contribution in [0.15, 0.2) is 0 Å². The molecule has 0 heterocycles. The first-order valence-corrected chi connectivity index (χ1v) is 4.62. The van der Waals surface area contributed by atoms with Gasteiger partial charge in [-0.3, -0.25) is 0 Å². The normalized spacial score (nSPS) is 16.9. The zero-order chi connectivity index (χ0) is 11.8. The SMILES string of the molecule is C[C@@H](OC(C)(C)C(F)(F)F)C(C)(C)C. The molecule has 0 aromatic rings. The van der Waals surface area contributed by atoms with Gasteiger partial charge in [-0.25, -0.2) is 0 Å². The molecule has 4 heteroatoms. The first kappa shape index (κ1) is 13.8. The predicted molar refractivity (Wildman–Crippen MR) is 50.1 cm³/mol. The van der Waals surface area contributed by atoms with E-state index in [0.717, 1.165) is 13.8 Å². The van der Waals surface area contributed by atoms with E-state index >= 15 is 0 Å². The van der Waals surface area contributed by atoms with Gasteiger partial charge in [0, 0.05) is 0 Å². The highest BCUT2D eigenvalue weighted by molar-refractivity contribution is 4.82. The number of rotatable bonds is 2. The zero-order valence-electron chi connectivity index (χ0n) is 9.62. The molecule has 0 saturated carbocycles. The molecular weight excluding hydrogens is 193 g/mol. The lowest BCUT2D eigenvalue weighted by molar-refractivity contribution is -0.283. The van der Waals surface area contributed by atoms with Gasteiger partial charge < -0.3 is 4.74 Å². The quantitative estimate of drug-likeness (QED) is 0.676. The smallest absolute Gasteiger partial charge is 0.363 e. The fourth-order valence-electron chi connectivity index (χ4n) is 0.686. The van der Waals surface area contributed by atoms with E-state index in [0.29, 0.717) is 0 Å². The van der Waals surface area contributed by atoms with Crippen molar-refractivity contribution in [2.45, 2.75) is 59.4 Å². The molecule has 0 rings (SSSR count). The van der Waals surface area contributed by atoms with Gasteiger partial charge in [-0.15, -0.1) is 0 Å². The molecule has 14 heavy (non-hydrogen) atoms. The van der Waals surface area contributed by atoms with Gasteiger partial charge >= 0.3 is 6.18 Å². The van der Waals surface area contributed by atoms with Crippen molar-refractivity contribution in [1.29, 1.82) is 0 Å². The van der Waals surface area contributed by atoms with E-state index in [1.54, 1.807) is 6.92 Å². The van der Waals surface area contributed by atoms with Crippen LogP contribution in [0.25, 0.3) is 0 Å². The van der Waals surface area contributed by atoms with Gasteiger partial charge in [0.2, 0.25) is 0 Å². The van der Waals surface area contributed by atoms with Crippen molar-refractivity contribution in [2.75, 3.05) is 0 Å². The molecular formula is C10H19F3O. The van der Waals surface area contributed by atoms with E-state index in [2.05, 4.69) is 0 Å². The maximum atomic E-state index is 12.5. The molecule has 0 saturated heterocycles. The summed E-state index contributed by atoms with van der Waals surface area (Å²) in [5, 5.41) is 0. The summed E-state index contributed by atoms with van der Waals surface area (Å²) in [6, 6.07) is 0. The Kier molecular flexibility index (Phi) is 3.65. The third-order valence-corrected chi connectivity index (χ3v) is 2.37. The Balaban J connectivity index is 4.53. The summed E-state index contributed by atoms with van der Waals surface area (Å²) in [5.74, 6) is 0. The Morgan fingerprint density at radius 2 is 1.29 bits per heavy atom.